The van der Waals surface area contributed by atoms with Crippen LogP contribution < -0.4 is 44.3 Å². The van der Waals surface area contributed by atoms with Crippen molar-refractivity contribution < 1.29 is 53.7 Å². The van der Waals surface area contributed by atoms with Crippen molar-refractivity contribution in [2.24, 2.45) is 0 Å². The van der Waals surface area contributed by atoms with E-state index in [-0.39, 0.29) is 36.1 Å². The van der Waals surface area contributed by atoms with Gasteiger partial charge in [-0.3, -0.25) is 0 Å². The second-order valence-electron chi connectivity index (χ2n) is 5.83. The van der Waals surface area contributed by atoms with E-state index in [0.29, 0.717) is 24.7 Å². The second-order valence-corrected chi connectivity index (χ2v) is 5.83. The van der Waals surface area contributed by atoms with Crippen molar-refractivity contribution in [3.8, 4) is 17.2 Å². The van der Waals surface area contributed by atoms with E-state index in [4.69, 9.17) is 14.3 Å². The molecule has 0 saturated heterocycles. The Balaban J connectivity index is 0.00000136. The largest absolute Gasteiger partial charge is 1.00 e. The summed E-state index contributed by atoms with van der Waals surface area (Å²) in [4.78, 5) is 16.7. The number of ether oxygens (including phenoxy) is 1. The van der Waals surface area contributed by atoms with Gasteiger partial charge in [0.15, 0.2) is 0 Å². The zero-order valence-electron chi connectivity index (χ0n) is 16.9. The van der Waals surface area contributed by atoms with Gasteiger partial charge in [-0.1, -0.05) is 18.2 Å². The Labute approximate surface area is 192 Å². The van der Waals surface area contributed by atoms with Gasteiger partial charge in [-0.2, -0.15) is 0 Å². The fourth-order valence-electron chi connectivity index (χ4n) is 2.49. The third-order valence-corrected chi connectivity index (χ3v) is 3.84. The van der Waals surface area contributed by atoms with Crippen molar-refractivity contribution in [3.63, 3.8) is 0 Å². The summed E-state index contributed by atoms with van der Waals surface area (Å²) in [6, 6.07) is 17.0. The topological polar surface area (TPSA) is 98.9 Å². The molecule has 0 aliphatic rings. The molecule has 8 heteroatoms. The van der Waals surface area contributed by atoms with Crippen molar-refractivity contribution in [1.82, 2.24) is 4.98 Å². The smallest absolute Gasteiger partial charge is 0.548 e. The molecule has 2 aromatic carbocycles. The molecule has 148 valence electrons. The zero-order chi connectivity index (χ0) is 20.4. The Morgan fingerprint density at radius 3 is 2.41 bits per heavy atom. The Morgan fingerprint density at radius 1 is 1.14 bits per heavy atom. The molecule has 0 bridgehead atoms. The Hall–Kier alpha value is -2.32. The maximum atomic E-state index is 10.6. The molecule has 0 aliphatic carbocycles. The number of nitrogens with zero attached hydrogens (tertiary/aromatic N) is 2. The summed E-state index contributed by atoms with van der Waals surface area (Å²) in [5, 5.41) is 17.6. The molecule has 0 fully saturated rings. The van der Waals surface area contributed by atoms with Crippen LogP contribution in [-0.2, 0) is 11.2 Å². The van der Waals surface area contributed by atoms with Crippen LogP contribution in [-0.4, -0.2) is 43.4 Å². The summed E-state index contributed by atoms with van der Waals surface area (Å²) >= 11 is 0. The molecule has 3 aromatic rings. The van der Waals surface area contributed by atoms with Crippen LogP contribution in [0.2, 0.25) is 0 Å². The van der Waals surface area contributed by atoms with Crippen molar-refractivity contribution in [3.05, 3.63) is 66.6 Å². The van der Waals surface area contributed by atoms with Crippen LogP contribution in [0.25, 0.3) is 11.5 Å². The van der Waals surface area contributed by atoms with Gasteiger partial charge in [0.1, 0.15) is 12.0 Å². The number of aromatic nitrogens is 1. The number of likely N-dealkylation sites (N-methyl/N-ethyl adjacent to an activating group) is 1. The molecule has 3 rings (SSSR count). The molecular weight excluding hydrogens is 383 g/mol. The number of aliphatic hydroxyl groups is 1. The van der Waals surface area contributed by atoms with E-state index < -0.39 is 5.97 Å². The maximum Gasteiger partial charge on any atom is 1.00 e. The molecule has 0 spiro atoms. The number of carbonyl (C=O) groups excluding carboxylic acids is 1. The number of aliphatic carboxylic acids is 1. The third kappa shape index (κ3) is 7.91. The minimum atomic E-state index is -1.12. The van der Waals surface area contributed by atoms with E-state index in [1.807, 2.05) is 42.5 Å². The number of anilines is 1. The quantitative estimate of drug-likeness (QED) is 0.467. The van der Waals surface area contributed by atoms with Crippen LogP contribution in [0.4, 0.5) is 5.69 Å². The first-order chi connectivity index (χ1) is 13.6. The van der Waals surface area contributed by atoms with Crippen molar-refractivity contribution in [1.29, 1.82) is 0 Å². The van der Waals surface area contributed by atoms with Crippen LogP contribution in [0.5, 0.6) is 5.75 Å². The first kappa shape index (κ1) is 24.7. The number of oxazole rings is 1. The van der Waals surface area contributed by atoms with Crippen LogP contribution in [0.15, 0.2) is 65.3 Å². The molecule has 0 radical (unpaired) electrons. The molecule has 0 saturated carbocycles. The van der Waals surface area contributed by atoms with Crippen molar-refractivity contribution >= 4 is 11.7 Å². The van der Waals surface area contributed by atoms with Crippen LogP contribution in [0.1, 0.15) is 5.69 Å². The number of hydrogen-bond donors (Lipinski definition) is 1. The third-order valence-electron chi connectivity index (χ3n) is 3.84. The van der Waals surface area contributed by atoms with Crippen molar-refractivity contribution in [2.75, 3.05) is 32.2 Å². The van der Waals surface area contributed by atoms with Gasteiger partial charge in [0, 0.05) is 31.8 Å². The van der Waals surface area contributed by atoms with Crippen LogP contribution in [0.3, 0.4) is 0 Å². The van der Waals surface area contributed by atoms with Gasteiger partial charge >= 0.3 is 29.6 Å². The normalized spacial score (nSPS) is 9.62. The minimum absolute atomic E-state index is 0. The Kier molecular flexibility index (Phi) is 11.1. The first-order valence-electron chi connectivity index (χ1n) is 8.70. The monoisotopic (exact) mass is 406 g/mol. The molecular formula is C21H23N2NaO5. The van der Waals surface area contributed by atoms with Gasteiger partial charge in [0.25, 0.3) is 0 Å². The summed E-state index contributed by atoms with van der Waals surface area (Å²) < 4.78 is 11.2. The van der Waals surface area contributed by atoms with Gasteiger partial charge in [0.05, 0.1) is 24.8 Å². The first-order valence-corrected chi connectivity index (χ1v) is 8.70. The number of benzene rings is 2. The maximum absolute atomic E-state index is 10.6. The van der Waals surface area contributed by atoms with E-state index in [9.17, 15) is 9.90 Å². The zero-order valence-corrected chi connectivity index (χ0v) is 18.9. The predicted octanol–water partition coefficient (Wildman–Crippen LogP) is -1.24. The van der Waals surface area contributed by atoms with E-state index in [1.165, 1.54) is 0 Å². The van der Waals surface area contributed by atoms with Gasteiger partial charge in [-0.05, 0) is 36.4 Å². The summed E-state index contributed by atoms with van der Waals surface area (Å²) in [6.07, 6.45) is 2.27. The molecule has 0 unspecified atom stereocenters. The number of hydrogen-bond acceptors (Lipinski definition) is 7. The van der Waals surface area contributed by atoms with E-state index >= 15 is 0 Å². The minimum Gasteiger partial charge on any atom is -0.548 e. The summed E-state index contributed by atoms with van der Waals surface area (Å²) in [6.45, 7) is 0.311. The fourth-order valence-corrected chi connectivity index (χ4v) is 2.49. The molecule has 29 heavy (non-hydrogen) atoms. The number of rotatable bonds is 8. The van der Waals surface area contributed by atoms with Crippen LogP contribution >= 0.6 is 0 Å². The van der Waals surface area contributed by atoms with Crippen molar-refractivity contribution in [2.45, 2.75) is 6.42 Å². The number of carboxylic acid groups (broad SMARTS) is 1. The average Bonchev–Trinajstić information content (AvgIpc) is 3.19. The summed E-state index contributed by atoms with van der Waals surface area (Å²) in [5.41, 5.74) is 2.55. The molecule has 7 nitrogen and oxygen atoms in total. The van der Waals surface area contributed by atoms with Gasteiger partial charge in [-0.15, -0.1) is 0 Å². The molecule has 1 aromatic heterocycles. The molecule has 0 atom stereocenters. The fraction of sp³-hybridized carbons (Fsp3) is 0.238. The average molecular weight is 406 g/mol. The predicted molar refractivity (Wildman–Crippen MR) is 104 cm³/mol. The molecule has 0 aliphatic heterocycles. The van der Waals surface area contributed by atoms with E-state index in [2.05, 4.69) is 4.98 Å². The second kappa shape index (κ2) is 13.0. The SMILES string of the molecule is CN(CC(=O)[O-])c1ccc(OCCc2coc(-c3ccccc3)n2)cc1.CO.[Na+]. The number of aliphatic hydroxyl groups excluding tert-OH is 1. The van der Waals surface area contributed by atoms with Gasteiger partial charge in [0.2, 0.25) is 5.89 Å². The summed E-state index contributed by atoms with van der Waals surface area (Å²) in [7, 11) is 2.69. The molecule has 0 amide bonds. The molecule has 1 heterocycles. The number of carbonyl (C=O) groups is 1. The van der Waals surface area contributed by atoms with Crippen LogP contribution in [0, 0.1) is 0 Å². The number of carboxylic acids is 1. The Bertz CT molecular complexity index is 853. The standard InChI is InChI=1S/C20H20N2O4.CH4O.Na/c1-22(13-19(23)24)17-7-9-18(10-8-17)25-12-11-16-14-26-20(21-16)15-5-3-2-4-6-15;1-2;/h2-10,14H,11-13H2,1H3,(H,23,24);2H,1H3;/q;;+1/p-1. The molecule has 1 N–H and O–H groups in total. The van der Waals surface area contributed by atoms with Gasteiger partial charge < -0.3 is 29.1 Å². The summed E-state index contributed by atoms with van der Waals surface area (Å²) in [5.74, 6) is 0.193. The van der Waals surface area contributed by atoms with E-state index in [1.54, 1.807) is 30.3 Å². The van der Waals surface area contributed by atoms with Gasteiger partial charge in [-0.25, -0.2) is 4.98 Å². The van der Waals surface area contributed by atoms with E-state index in [0.717, 1.165) is 24.1 Å². The Morgan fingerprint density at radius 2 is 1.79 bits per heavy atom.